The molecule has 1 N–H and O–H groups in total. The Labute approximate surface area is 133 Å². The number of nitrogens with zero attached hydrogens (tertiary/aromatic N) is 2. The molecule has 0 saturated carbocycles. The highest BCUT2D eigenvalue weighted by Gasteiger charge is 2.16. The fourth-order valence-electron chi connectivity index (χ4n) is 2.76. The van der Waals surface area contributed by atoms with Crippen LogP contribution in [0.25, 0.3) is 20.7 Å². The number of rotatable bonds is 4. The number of thiophene rings is 1. The number of hydrogen-bond donors (Lipinski definition) is 1. The van der Waals surface area contributed by atoms with Crippen LogP contribution >= 0.6 is 11.3 Å². The maximum atomic E-state index is 5.66. The van der Waals surface area contributed by atoms with Gasteiger partial charge < -0.3 is 10.1 Å². The summed E-state index contributed by atoms with van der Waals surface area (Å²) in [7, 11) is 0. The summed E-state index contributed by atoms with van der Waals surface area (Å²) in [6.45, 7) is 1.69. The van der Waals surface area contributed by atoms with Gasteiger partial charge in [0, 0.05) is 18.0 Å². The molecule has 1 saturated heterocycles. The molecule has 0 radical (unpaired) electrons. The molecule has 0 bridgehead atoms. The summed E-state index contributed by atoms with van der Waals surface area (Å²) in [5, 5.41) is 4.51. The van der Waals surface area contributed by atoms with Crippen LogP contribution in [-0.4, -0.2) is 29.2 Å². The molecule has 3 aromatic rings. The Balaban J connectivity index is 1.63. The number of hydrogen-bond acceptors (Lipinski definition) is 5. The molecule has 1 aliphatic rings. The van der Waals surface area contributed by atoms with Crippen molar-refractivity contribution in [1.82, 2.24) is 9.97 Å². The maximum Gasteiger partial charge on any atom is 0.138 e. The van der Waals surface area contributed by atoms with Crippen molar-refractivity contribution in [1.29, 1.82) is 0 Å². The number of benzene rings is 1. The predicted molar refractivity (Wildman–Crippen MR) is 90.3 cm³/mol. The van der Waals surface area contributed by atoms with Crippen LogP contribution in [0.2, 0.25) is 0 Å². The first kappa shape index (κ1) is 13.7. The molecule has 0 aliphatic carbocycles. The molecule has 4 nitrogen and oxygen atoms in total. The minimum atomic E-state index is 0.303. The molecule has 0 amide bonds. The topological polar surface area (TPSA) is 47.0 Å². The van der Waals surface area contributed by atoms with Gasteiger partial charge in [0.15, 0.2) is 0 Å². The third-order valence-electron chi connectivity index (χ3n) is 3.91. The lowest BCUT2D eigenvalue weighted by atomic mass is 10.2. The zero-order chi connectivity index (χ0) is 14.8. The predicted octanol–water partition coefficient (Wildman–Crippen LogP) is 3.95. The van der Waals surface area contributed by atoms with Gasteiger partial charge in [-0.2, -0.15) is 0 Å². The van der Waals surface area contributed by atoms with Crippen LogP contribution in [0.4, 0.5) is 5.82 Å². The normalized spacial score (nSPS) is 17.9. The van der Waals surface area contributed by atoms with Gasteiger partial charge in [0.2, 0.25) is 0 Å². The van der Waals surface area contributed by atoms with Crippen LogP contribution in [0.5, 0.6) is 0 Å². The minimum absolute atomic E-state index is 0.303. The molecule has 0 spiro atoms. The number of nitrogens with one attached hydrogen (secondary N) is 1. The van der Waals surface area contributed by atoms with Gasteiger partial charge in [-0.05, 0) is 24.5 Å². The van der Waals surface area contributed by atoms with E-state index in [2.05, 4.69) is 45.6 Å². The average molecular weight is 311 g/mol. The van der Waals surface area contributed by atoms with E-state index in [1.807, 2.05) is 6.07 Å². The van der Waals surface area contributed by atoms with Crippen molar-refractivity contribution in [2.45, 2.75) is 18.9 Å². The molecule has 1 fully saturated rings. The number of anilines is 1. The first-order valence-corrected chi connectivity index (χ1v) is 8.37. The van der Waals surface area contributed by atoms with Gasteiger partial charge in [0.05, 0.1) is 11.5 Å². The molecule has 112 valence electrons. The lowest BCUT2D eigenvalue weighted by Gasteiger charge is -2.11. The van der Waals surface area contributed by atoms with Crippen LogP contribution < -0.4 is 5.32 Å². The van der Waals surface area contributed by atoms with E-state index in [0.29, 0.717) is 6.10 Å². The van der Waals surface area contributed by atoms with Crippen LogP contribution in [-0.2, 0) is 4.74 Å². The van der Waals surface area contributed by atoms with Gasteiger partial charge in [0.1, 0.15) is 17.0 Å². The molecule has 2 aromatic heterocycles. The Hall–Kier alpha value is -1.98. The number of fused-ring (bicyclic) bond motifs is 1. The van der Waals surface area contributed by atoms with E-state index in [4.69, 9.17) is 4.74 Å². The molecule has 3 heterocycles. The second-order valence-electron chi connectivity index (χ2n) is 5.43. The average Bonchev–Trinajstić information content (AvgIpc) is 3.23. The Kier molecular flexibility index (Phi) is 3.74. The van der Waals surface area contributed by atoms with Gasteiger partial charge in [0.25, 0.3) is 0 Å². The van der Waals surface area contributed by atoms with Crippen LogP contribution in [0.3, 0.4) is 0 Å². The van der Waals surface area contributed by atoms with E-state index in [0.717, 1.165) is 42.0 Å². The zero-order valence-corrected chi connectivity index (χ0v) is 13.0. The summed E-state index contributed by atoms with van der Waals surface area (Å²) in [6.07, 6.45) is 4.21. The maximum absolute atomic E-state index is 5.66. The standard InChI is InChI=1S/C17H17N3OS/c1-2-5-12(6-3-1)15-9-14-16(19-11-20-17(14)22-15)18-10-13-7-4-8-21-13/h1-3,5-6,9,11,13H,4,7-8,10H2,(H,18,19,20). The van der Waals surface area contributed by atoms with E-state index < -0.39 is 0 Å². The molecule has 1 aliphatic heterocycles. The molecular weight excluding hydrogens is 294 g/mol. The Morgan fingerprint density at radius 3 is 2.95 bits per heavy atom. The highest BCUT2D eigenvalue weighted by Crippen LogP contribution is 2.34. The summed E-state index contributed by atoms with van der Waals surface area (Å²) in [5.41, 5.74) is 1.22. The summed E-state index contributed by atoms with van der Waals surface area (Å²) in [6, 6.07) is 12.6. The summed E-state index contributed by atoms with van der Waals surface area (Å²) < 4.78 is 5.66. The summed E-state index contributed by atoms with van der Waals surface area (Å²) in [5.74, 6) is 0.902. The van der Waals surface area contributed by atoms with Crippen LogP contribution in [0.15, 0.2) is 42.7 Å². The van der Waals surface area contributed by atoms with Gasteiger partial charge >= 0.3 is 0 Å². The van der Waals surface area contributed by atoms with E-state index >= 15 is 0 Å². The summed E-state index contributed by atoms with van der Waals surface area (Å²) >= 11 is 1.70. The molecule has 1 aromatic carbocycles. The zero-order valence-electron chi connectivity index (χ0n) is 12.2. The minimum Gasteiger partial charge on any atom is -0.376 e. The largest absolute Gasteiger partial charge is 0.376 e. The molecule has 22 heavy (non-hydrogen) atoms. The summed E-state index contributed by atoms with van der Waals surface area (Å²) in [4.78, 5) is 11.0. The lowest BCUT2D eigenvalue weighted by molar-refractivity contribution is 0.120. The van der Waals surface area contributed by atoms with Crippen LogP contribution in [0.1, 0.15) is 12.8 Å². The van der Waals surface area contributed by atoms with Crippen molar-refractivity contribution in [2.24, 2.45) is 0 Å². The van der Waals surface area contributed by atoms with Gasteiger partial charge in [-0.15, -0.1) is 11.3 Å². The van der Waals surface area contributed by atoms with Crippen molar-refractivity contribution in [3.8, 4) is 10.4 Å². The smallest absolute Gasteiger partial charge is 0.138 e. The lowest BCUT2D eigenvalue weighted by Crippen LogP contribution is -2.19. The van der Waals surface area contributed by atoms with Gasteiger partial charge in [-0.3, -0.25) is 0 Å². The van der Waals surface area contributed by atoms with E-state index in [1.54, 1.807) is 17.7 Å². The second-order valence-corrected chi connectivity index (χ2v) is 6.46. The van der Waals surface area contributed by atoms with Crippen molar-refractivity contribution >= 4 is 27.4 Å². The van der Waals surface area contributed by atoms with E-state index in [-0.39, 0.29) is 0 Å². The molecule has 5 heteroatoms. The molecule has 1 unspecified atom stereocenters. The molecule has 4 rings (SSSR count). The Bertz CT molecular complexity index is 766. The SMILES string of the molecule is c1ccc(-c2cc3c(NCC4CCCO4)ncnc3s2)cc1. The first-order chi connectivity index (χ1) is 10.9. The highest BCUT2D eigenvalue weighted by atomic mass is 32.1. The van der Waals surface area contributed by atoms with Gasteiger partial charge in [-0.1, -0.05) is 30.3 Å². The Morgan fingerprint density at radius 2 is 2.14 bits per heavy atom. The van der Waals surface area contributed by atoms with Crippen molar-refractivity contribution in [3.05, 3.63) is 42.7 Å². The van der Waals surface area contributed by atoms with E-state index in [1.165, 1.54) is 10.4 Å². The third-order valence-corrected chi connectivity index (χ3v) is 5.00. The number of ether oxygens (including phenoxy) is 1. The quantitative estimate of drug-likeness (QED) is 0.792. The molecular formula is C17H17N3OS. The van der Waals surface area contributed by atoms with Crippen molar-refractivity contribution < 1.29 is 4.74 Å². The Morgan fingerprint density at radius 1 is 1.23 bits per heavy atom. The van der Waals surface area contributed by atoms with Gasteiger partial charge in [-0.25, -0.2) is 9.97 Å². The monoisotopic (exact) mass is 311 g/mol. The fourth-order valence-corrected chi connectivity index (χ4v) is 3.76. The van der Waals surface area contributed by atoms with Crippen molar-refractivity contribution in [2.75, 3.05) is 18.5 Å². The van der Waals surface area contributed by atoms with Crippen molar-refractivity contribution in [3.63, 3.8) is 0 Å². The van der Waals surface area contributed by atoms with Crippen LogP contribution in [0, 0.1) is 0 Å². The first-order valence-electron chi connectivity index (χ1n) is 7.55. The third kappa shape index (κ3) is 2.69. The van der Waals surface area contributed by atoms with E-state index in [9.17, 15) is 0 Å². The highest BCUT2D eigenvalue weighted by molar-refractivity contribution is 7.21. The number of aromatic nitrogens is 2. The second kappa shape index (κ2) is 6.02. The molecule has 1 atom stereocenters. The fraction of sp³-hybridized carbons (Fsp3) is 0.294.